The molecule has 0 spiro atoms. The van der Waals surface area contributed by atoms with Crippen LogP contribution in [-0.2, 0) is 4.79 Å². The number of halogens is 2. The predicted octanol–water partition coefficient (Wildman–Crippen LogP) is 2.34. The van der Waals surface area contributed by atoms with Crippen LogP contribution in [0.1, 0.15) is 19.3 Å². The van der Waals surface area contributed by atoms with Gasteiger partial charge in [0, 0.05) is 11.8 Å². The van der Waals surface area contributed by atoms with E-state index in [4.69, 9.17) is 4.74 Å². The highest BCUT2D eigenvalue weighted by molar-refractivity contribution is 5.94. The van der Waals surface area contributed by atoms with Crippen LogP contribution < -0.4 is 15.4 Å². The van der Waals surface area contributed by atoms with Crippen LogP contribution in [0.15, 0.2) is 18.2 Å². The normalized spacial score (nSPS) is 18.3. The molecule has 0 bridgehead atoms. The van der Waals surface area contributed by atoms with Gasteiger partial charge in [-0.3, -0.25) is 4.79 Å². The molecule has 1 aliphatic rings. The zero-order valence-electron chi connectivity index (χ0n) is 10.7. The standard InChI is InChI=1S/C13H17FN2O2.ClH/c1-18-12-6-5-9(8-10(12)14)16-13(17)11-4-2-3-7-15-11;/h5-6,8,11,15H,2-4,7H2,1H3,(H,16,17);1H. The number of hydrogen-bond donors (Lipinski definition) is 2. The third-order valence-corrected chi connectivity index (χ3v) is 3.05. The summed E-state index contributed by atoms with van der Waals surface area (Å²) < 4.78 is 18.3. The van der Waals surface area contributed by atoms with E-state index in [0.717, 1.165) is 25.8 Å². The van der Waals surface area contributed by atoms with Crippen LogP contribution in [0.4, 0.5) is 10.1 Å². The van der Waals surface area contributed by atoms with E-state index in [9.17, 15) is 9.18 Å². The van der Waals surface area contributed by atoms with E-state index < -0.39 is 5.82 Å². The van der Waals surface area contributed by atoms with E-state index >= 15 is 0 Å². The van der Waals surface area contributed by atoms with Crippen molar-refractivity contribution >= 4 is 24.0 Å². The van der Waals surface area contributed by atoms with Crippen LogP contribution >= 0.6 is 12.4 Å². The third-order valence-electron chi connectivity index (χ3n) is 3.05. The molecule has 4 nitrogen and oxygen atoms in total. The summed E-state index contributed by atoms with van der Waals surface area (Å²) >= 11 is 0. The first-order chi connectivity index (χ1) is 8.70. The van der Waals surface area contributed by atoms with Gasteiger partial charge in [0.2, 0.25) is 5.91 Å². The molecule has 0 radical (unpaired) electrons. The van der Waals surface area contributed by atoms with Crippen molar-refractivity contribution in [3.05, 3.63) is 24.0 Å². The fraction of sp³-hybridized carbons (Fsp3) is 0.462. The summed E-state index contributed by atoms with van der Waals surface area (Å²) in [6.45, 7) is 0.856. The quantitative estimate of drug-likeness (QED) is 0.897. The monoisotopic (exact) mass is 288 g/mol. The van der Waals surface area contributed by atoms with Crippen molar-refractivity contribution in [3.63, 3.8) is 0 Å². The first kappa shape index (κ1) is 15.7. The van der Waals surface area contributed by atoms with Gasteiger partial charge in [0.25, 0.3) is 0 Å². The molecule has 0 aliphatic carbocycles. The molecule has 2 rings (SSSR count). The topological polar surface area (TPSA) is 50.4 Å². The van der Waals surface area contributed by atoms with Crippen LogP contribution in [0.5, 0.6) is 5.75 Å². The van der Waals surface area contributed by atoms with E-state index in [0.29, 0.717) is 5.69 Å². The number of rotatable bonds is 3. The second kappa shape index (κ2) is 7.31. The van der Waals surface area contributed by atoms with E-state index in [1.165, 1.54) is 19.2 Å². The van der Waals surface area contributed by atoms with E-state index in [2.05, 4.69) is 10.6 Å². The first-order valence-corrected chi connectivity index (χ1v) is 6.08. The van der Waals surface area contributed by atoms with E-state index in [-0.39, 0.29) is 30.1 Å². The molecule has 6 heteroatoms. The summed E-state index contributed by atoms with van der Waals surface area (Å²) in [6, 6.07) is 4.21. The van der Waals surface area contributed by atoms with E-state index in [1.54, 1.807) is 6.07 Å². The number of hydrogen-bond acceptors (Lipinski definition) is 3. The summed E-state index contributed by atoms with van der Waals surface area (Å²) in [7, 11) is 1.41. The van der Waals surface area contributed by atoms with E-state index in [1.807, 2.05) is 0 Å². The number of carbonyl (C=O) groups excluding carboxylic acids is 1. The fourth-order valence-corrected chi connectivity index (χ4v) is 2.05. The first-order valence-electron chi connectivity index (χ1n) is 6.08. The molecule has 1 aromatic carbocycles. The summed E-state index contributed by atoms with van der Waals surface area (Å²) in [4.78, 5) is 11.9. The second-order valence-corrected chi connectivity index (χ2v) is 4.34. The largest absolute Gasteiger partial charge is 0.494 e. The van der Waals surface area contributed by atoms with Crippen LogP contribution in [-0.4, -0.2) is 25.6 Å². The number of amides is 1. The lowest BCUT2D eigenvalue weighted by Gasteiger charge is -2.22. The molecule has 1 atom stereocenters. The summed E-state index contributed by atoms with van der Waals surface area (Å²) in [5.74, 6) is -0.421. The van der Waals surface area contributed by atoms with Gasteiger partial charge in [-0.1, -0.05) is 6.42 Å². The number of carbonyl (C=O) groups is 1. The van der Waals surface area contributed by atoms with Crippen molar-refractivity contribution in [2.75, 3.05) is 19.0 Å². The average molecular weight is 289 g/mol. The Bertz CT molecular complexity index is 437. The molecular weight excluding hydrogens is 271 g/mol. The highest BCUT2D eigenvalue weighted by Crippen LogP contribution is 2.21. The maximum Gasteiger partial charge on any atom is 0.241 e. The molecular formula is C13H18ClFN2O2. The smallest absolute Gasteiger partial charge is 0.241 e. The van der Waals surface area contributed by atoms with Gasteiger partial charge in [-0.2, -0.15) is 0 Å². The van der Waals surface area contributed by atoms with Crippen LogP contribution in [0.2, 0.25) is 0 Å². The molecule has 0 aromatic heterocycles. The van der Waals surface area contributed by atoms with Crippen LogP contribution in [0, 0.1) is 5.82 Å². The summed E-state index contributed by atoms with van der Waals surface area (Å²) in [5.41, 5.74) is 0.450. The highest BCUT2D eigenvalue weighted by Gasteiger charge is 2.20. The maximum atomic E-state index is 13.5. The summed E-state index contributed by atoms with van der Waals surface area (Å²) in [5, 5.41) is 5.85. The number of piperidine rings is 1. The molecule has 1 fully saturated rings. The molecule has 1 heterocycles. The predicted molar refractivity (Wildman–Crippen MR) is 74.5 cm³/mol. The van der Waals surface area contributed by atoms with Gasteiger partial charge in [-0.25, -0.2) is 4.39 Å². The third kappa shape index (κ3) is 4.08. The Balaban J connectivity index is 0.00000180. The number of ether oxygens (including phenoxy) is 1. The Hall–Kier alpha value is -1.33. The Morgan fingerprint density at radius 1 is 1.47 bits per heavy atom. The molecule has 1 saturated heterocycles. The van der Waals surface area contributed by atoms with Gasteiger partial charge >= 0.3 is 0 Å². The minimum atomic E-state index is -0.480. The molecule has 2 N–H and O–H groups in total. The average Bonchev–Trinajstić information content (AvgIpc) is 2.40. The van der Waals surface area contributed by atoms with Crippen molar-refractivity contribution in [1.29, 1.82) is 0 Å². The SMILES string of the molecule is COc1ccc(NC(=O)C2CCCCN2)cc1F.Cl. The van der Waals surface area contributed by atoms with Crippen LogP contribution in [0.25, 0.3) is 0 Å². The Labute approximate surface area is 118 Å². The molecule has 0 saturated carbocycles. The number of benzene rings is 1. The molecule has 1 aliphatic heterocycles. The zero-order valence-corrected chi connectivity index (χ0v) is 11.6. The van der Waals surface area contributed by atoms with Crippen molar-refractivity contribution in [2.24, 2.45) is 0 Å². The Morgan fingerprint density at radius 2 is 2.26 bits per heavy atom. The van der Waals surface area contributed by atoms with Crippen molar-refractivity contribution in [2.45, 2.75) is 25.3 Å². The molecule has 106 valence electrons. The van der Waals surface area contributed by atoms with Gasteiger partial charge in [0.05, 0.1) is 13.2 Å². The van der Waals surface area contributed by atoms with Gasteiger partial charge in [-0.05, 0) is 31.5 Å². The Morgan fingerprint density at radius 3 is 2.84 bits per heavy atom. The number of anilines is 1. The zero-order chi connectivity index (χ0) is 13.0. The minimum Gasteiger partial charge on any atom is -0.494 e. The van der Waals surface area contributed by atoms with Gasteiger partial charge in [0.1, 0.15) is 0 Å². The van der Waals surface area contributed by atoms with Gasteiger partial charge in [0.15, 0.2) is 11.6 Å². The van der Waals surface area contributed by atoms with Crippen molar-refractivity contribution < 1.29 is 13.9 Å². The fourth-order valence-electron chi connectivity index (χ4n) is 2.05. The molecule has 1 aromatic rings. The minimum absolute atomic E-state index is 0. The summed E-state index contributed by atoms with van der Waals surface area (Å²) in [6.07, 6.45) is 2.97. The molecule has 1 unspecified atom stereocenters. The maximum absolute atomic E-state index is 13.5. The lowest BCUT2D eigenvalue weighted by Crippen LogP contribution is -2.43. The van der Waals surface area contributed by atoms with Crippen molar-refractivity contribution in [3.8, 4) is 5.75 Å². The highest BCUT2D eigenvalue weighted by atomic mass is 35.5. The number of methoxy groups -OCH3 is 1. The molecule has 19 heavy (non-hydrogen) atoms. The Kier molecular flexibility index (Phi) is 6.05. The van der Waals surface area contributed by atoms with Gasteiger partial charge in [-0.15, -0.1) is 12.4 Å². The lowest BCUT2D eigenvalue weighted by molar-refractivity contribution is -0.118. The second-order valence-electron chi connectivity index (χ2n) is 4.34. The lowest BCUT2D eigenvalue weighted by atomic mass is 10.0. The van der Waals surface area contributed by atoms with Crippen molar-refractivity contribution in [1.82, 2.24) is 5.32 Å². The van der Waals surface area contributed by atoms with Gasteiger partial charge < -0.3 is 15.4 Å². The number of nitrogens with one attached hydrogen (secondary N) is 2. The molecule has 1 amide bonds. The van der Waals surface area contributed by atoms with Crippen LogP contribution in [0.3, 0.4) is 0 Å².